The fourth-order valence-corrected chi connectivity index (χ4v) is 2.48. The molecule has 0 aliphatic heterocycles. The highest BCUT2D eigenvalue weighted by Crippen LogP contribution is 2.24. The molecule has 24 heavy (non-hydrogen) atoms. The lowest BCUT2D eigenvalue weighted by Gasteiger charge is -2.21. The molecule has 1 aromatic carbocycles. The molecule has 0 fully saturated rings. The molecule has 3 aromatic rings. The average Bonchev–Trinajstić information content (AvgIpc) is 3.02. The van der Waals surface area contributed by atoms with E-state index in [4.69, 9.17) is 0 Å². The van der Waals surface area contributed by atoms with Crippen LogP contribution in [0.15, 0.2) is 28.9 Å². The first-order valence-electron chi connectivity index (χ1n) is 7.54. The lowest BCUT2D eigenvalue weighted by molar-refractivity contribution is 0.249. The third-order valence-corrected chi connectivity index (χ3v) is 4.23. The van der Waals surface area contributed by atoms with Gasteiger partial charge in [0.2, 0.25) is 5.95 Å². The van der Waals surface area contributed by atoms with Gasteiger partial charge in [0.05, 0.1) is 22.6 Å². The Morgan fingerprint density at radius 3 is 2.92 bits per heavy atom. The maximum atomic E-state index is 9.48. The molecule has 0 aliphatic carbocycles. The number of anilines is 3. The van der Waals surface area contributed by atoms with Gasteiger partial charge in [-0.25, -0.2) is 4.98 Å². The van der Waals surface area contributed by atoms with Gasteiger partial charge in [-0.2, -0.15) is 4.98 Å². The van der Waals surface area contributed by atoms with Crippen molar-refractivity contribution in [1.82, 2.24) is 25.4 Å². The van der Waals surface area contributed by atoms with Crippen molar-refractivity contribution in [3.05, 3.63) is 28.9 Å². The first kappa shape index (κ1) is 16.6. The summed E-state index contributed by atoms with van der Waals surface area (Å²) in [6.07, 6.45) is 1.67. The van der Waals surface area contributed by atoms with Gasteiger partial charge in [-0.05, 0) is 40.0 Å². The smallest absolute Gasteiger partial charge is 0.229 e. The molecular weight excluding hydrogens is 374 g/mol. The van der Waals surface area contributed by atoms with Gasteiger partial charge in [-0.15, -0.1) is 5.10 Å². The second kappa shape index (κ2) is 7.10. The number of fused-ring (bicyclic) bond motifs is 1. The minimum Gasteiger partial charge on any atom is -0.394 e. The van der Waals surface area contributed by atoms with Gasteiger partial charge in [0.15, 0.2) is 0 Å². The Morgan fingerprint density at radius 2 is 2.17 bits per heavy atom. The summed E-state index contributed by atoms with van der Waals surface area (Å²) in [5.41, 5.74) is 2.44. The normalized spacial score (nSPS) is 12.5. The molecule has 4 N–H and O–H groups in total. The summed E-state index contributed by atoms with van der Waals surface area (Å²) in [4.78, 5) is 8.73. The first-order valence-corrected chi connectivity index (χ1v) is 8.34. The maximum Gasteiger partial charge on any atom is 0.229 e. The molecule has 2 heterocycles. The van der Waals surface area contributed by atoms with Crippen LogP contribution < -0.4 is 10.6 Å². The summed E-state index contributed by atoms with van der Waals surface area (Å²) < 4.78 is 0.735. The van der Waals surface area contributed by atoms with E-state index in [1.54, 1.807) is 6.20 Å². The van der Waals surface area contributed by atoms with Gasteiger partial charge in [0.25, 0.3) is 0 Å². The largest absolute Gasteiger partial charge is 0.394 e. The molecule has 0 spiro atoms. The lowest BCUT2D eigenvalue weighted by Crippen LogP contribution is -2.30. The number of aliphatic hydroxyl groups excluding tert-OH is 1. The molecule has 0 unspecified atom stereocenters. The molecule has 3 rings (SSSR count). The standard InChI is InChI=1S/C15H18BrN7O/c1-8(2)13(7-24)19-14-10(16)6-17-15(20-14)18-9-3-4-11-12(5-9)22-23-21-11/h3-6,8,13,24H,7H2,1-2H3,(H,21,22,23)(H2,17,18,19,20)/t13-/m0/s1. The molecule has 1 atom stereocenters. The van der Waals surface area contributed by atoms with Gasteiger partial charge < -0.3 is 15.7 Å². The van der Waals surface area contributed by atoms with E-state index < -0.39 is 0 Å². The third-order valence-electron chi connectivity index (χ3n) is 3.65. The second-order valence-corrected chi connectivity index (χ2v) is 6.59. The van der Waals surface area contributed by atoms with Crippen LogP contribution in [0, 0.1) is 5.92 Å². The highest BCUT2D eigenvalue weighted by molar-refractivity contribution is 9.10. The predicted octanol–water partition coefficient (Wildman–Crippen LogP) is 2.68. The summed E-state index contributed by atoms with van der Waals surface area (Å²) in [6, 6.07) is 5.55. The van der Waals surface area contributed by atoms with Crippen molar-refractivity contribution in [3.8, 4) is 0 Å². The van der Waals surface area contributed by atoms with Crippen LogP contribution in [0.4, 0.5) is 17.5 Å². The van der Waals surface area contributed by atoms with E-state index in [0.717, 1.165) is 21.2 Å². The van der Waals surface area contributed by atoms with Gasteiger partial charge >= 0.3 is 0 Å². The van der Waals surface area contributed by atoms with Crippen LogP contribution >= 0.6 is 15.9 Å². The molecule has 0 saturated carbocycles. The molecule has 0 bridgehead atoms. The van der Waals surface area contributed by atoms with E-state index >= 15 is 0 Å². The van der Waals surface area contributed by atoms with Crippen molar-refractivity contribution in [1.29, 1.82) is 0 Å². The van der Waals surface area contributed by atoms with Gasteiger partial charge in [-0.1, -0.05) is 19.1 Å². The van der Waals surface area contributed by atoms with Crippen LogP contribution in [0.2, 0.25) is 0 Å². The number of aromatic amines is 1. The Morgan fingerprint density at radius 1 is 1.33 bits per heavy atom. The number of H-pyrrole nitrogens is 1. The van der Waals surface area contributed by atoms with Crippen molar-refractivity contribution >= 4 is 44.4 Å². The number of rotatable bonds is 6. The van der Waals surface area contributed by atoms with Crippen molar-refractivity contribution in [2.75, 3.05) is 17.2 Å². The van der Waals surface area contributed by atoms with E-state index in [2.05, 4.69) is 51.9 Å². The monoisotopic (exact) mass is 391 g/mol. The van der Waals surface area contributed by atoms with Crippen LogP contribution in [0.25, 0.3) is 11.0 Å². The number of aliphatic hydroxyl groups is 1. The first-order chi connectivity index (χ1) is 11.6. The molecule has 0 aliphatic rings. The van der Waals surface area contributed by atoms with E-state index in [1.165, 1.54) is 0 Å². The lowest BCUT2D eigenvalue weighted by atomic mass is 10.1. The van der Waals surface area contributed by atoms with Gasteiger partial charge in [0.1, 0.15) is 11.3 Å². The van der Waals surface area contributed by atoms with E-state index in [-0.39, 0.29) is 18.6 Å². The average molecular weight is 392 g/mol. The summed E-state index contributed by atoms with van der Waals surface area (Å²) >= 11 is 3.43. The number of aromatic nitrogens is 5. The Kier molecular flexibility index (Phi) is 4.91. The second-order valence-electron chi connectivity index (χ2n) is 5.74. The van der Waals surface area contributed by atoms with E-state index in [9.17, 15) is 5.11 Å². The summed E-state index contributed by atoms with van der Waals surface area (Å²) in [5, 5.41) is 26.4. The highest BCUT2D eigenvalue weighted by Gasteiger charge is 2.15. The Hall–Kier alpha value is -2.26. The number of benzene rings is 1. The minimum atomic E-state index is -0.0875. The van der Waals surface area contributed by atoms with Gasteiger partial charge in [-0.3, -0.25) is 5.10 Å². The summed E-state index contributed by atoms with van der Waals surface area (Å²) in [5.74, 6) is 1.34. The number of hydrogen-bond acceptors (Lipinski definition) is 7. The van der Waals surface area contributed by atoms with Crippen LogP contribution in [0.1, 0.15) is 13.8 Å². The SMILES string of the molecule is CC(C)[C@H](CO)Nc1nc(Nc2ccc3[nH]nnc3c2)ncc1Br. The van der Waals surface area contributed by atoms with Crippen molar-refractivity contribution in [3.63, 3.8) is 0 Å². The summed E-state index contributed by atoms with van der Waals surface area (Å²) in [7, 11) is 0. The molecule has 126 valence electrons. The quantitative estimate of drug-likeness (QED) is 0.510. The predicted molar refractivity (Wildman–Crippen MR) is 96.2 cm³/mol. The molecule has 0 amide bonds. The van der Waals surface area contributed by atoms with Crippen LogP contribution in [0.3, 0.4) is 0 Å². The van der Waals surface area contributed by atoms with Gasteiger partial charge in [0, 0.05) is 11.9 Å². The van der Waals surface area contributed by atoms with Crippen LogP contribution in [-0.4, -0.2) is 43.1 Å². The van der Waals surface area contributed by atoms with E-state index in [1.807, 2.05) is 32.0 Å². The van der Waals surface area contributed by atoms with Crippen molar-refractivity contribution < 1.29 is 5.11 Å². The zero-order valence-electron chi connectivity index (χ0n) is 13.3. The van der Waals surface area contributed by atoms with Crippen molar-refractivity contribution in [2.24, 2.45) is 5.92 Å². The summed E-state index contributed by atoms with van der Waals surface area (Å²) in [6.45, 7) is 4.10. The number of hydrogen-bond donors (Lipinski definition) is 4. The topological polar surface area (TPSA) is 112 Å². The highest BCUT2D eigenvalue weighted by atomic mass is 79.9. The van der Waals surface area contributed by atoms with Crippen LogP contribution in [-0.2, 0) is 0 Å². The fraction of sp³-hybridized carbons (Fsp3) is 0.333. The maximum absolute atomic E-state index is 9.48. The Bertz CT molecular complexity index is 836. The molecule has 0 saturated heterocycles. The minimum absolute atomic E-state index is 0.0275. The number of nitrogens with one attached hydrogen (secondary N) is 3. The Balaban J connectivity index is 1.82. The molecule has 2 aromatic heterocycles. The number of nitrogens with zero attached hydrogens (tertiary/aromatic N) is 4. The zero-order chi connectivity index (χ0) is 17.1. The zero-order valence-corrected chi connectivity index (χ0v) is 14.9. The molecule has 0 radical (unpaired) electrons. The molecular formula is C15H18BrN7O. The third kappa shape index (κ3) is 3.62. The fourth-order valence-electron chi connectivity index (χ4n) is 2.18. The van der Waals surface area contributed by atoms with Crippen molar-refractivity contribution in [2.45, 2.75) is 19.9 Å². The molecule has 9 heteroatoms. The number of halogens is 1. The van der Waals surface area contributed by atoms with Crippen LogP contribution in [0.5, 0.6) is 0 Å². The van der Waals surface area contributed by atoms with E-state index in [0.29, 0.717) is 11.8 Å². The Labute approximate surface area is 147 Å². The molecule has 8 nitrogen and oxygen atoms in total.